The second-order valence-corrected chi connectivity index (χ2v) is 5.23. The SMILES string of the molecule is CCc1noc(C)c1C(=O)O[C@H](C)C(=O)Nc1ccccc1[N+](=O)[O-]. The molecule has 132 valence electrons. The first-order chi connectivity index (χ1) is 11.8. The van der Waals surface area contributed by atoms with E-state index in [0.29, 0.717) is 17.9 Å². The maximum absolute atomic E-state index is 12.2. The van der Waals surface area contributed by atoms with Crippen LogP contribution in [-0.2, 0) is 16.0 Å². The summed E-state index contributed by atoms with van der Waals surface area (Å²) in [5.41, 5.74) is 0.398. The van der Waals surface area contributed by atoms with Crippen LogP contribution < -0.4 is 5.32 Å². The molecule has 1 aromatic heterocycles. The molecule has 1 heterocycles. The highest BCUT2D eigenvalue weighted by Crippen LogP contribution is 2.23. The number of aryl methyl sites for hydroxylation is 2. The highest BCUT2D eigenvalue weighted by Gasteiger charge is 2.26. The summed E-state index contributed by atoms with van der Waals surface area (Å²) in [6, 6.07) is 5.69. The van der Waals surface area contributed by atoms with Crippen LogP contribution in [0.25, 0.3) is 0 Å². The van der Waals surface area contributed by atoms with Crippen molar-refractivity contribution >= 4 is 23.3 Å². The van der Waals surface area contributed by atoms with E-state index in [4.69, 9.17) is 9.26 Å². The van der Waals surface area contributed by atoms with Gasteiger partial charge in [-0.15, -0.1) is 0 Å². The van der Waals surface area contributed by atoms with Crippen molar-refractivity contribution in [2.24, 2.45) is 0 Å². The van der Waals surface area contributed by atoms with Crippen LogP contribution in [0.15, 0.2) is 28.8 Å². The summed E-state index contributed by atoms with van der Waals surface area (Å²) >= 11 is 0. The summed E-state index contributed by atoms with van der Waals surface area (Å²) in [6.45, 7) is 4.75. The molecule has 1 amide bonds. The number of nitrogens with one attached hydrogen (secondary N) is 1. The number of carbonyl (C=O) groups excluding carboxylic acids is 2. The minimum Gasteiger partial charge on any atom is -0.449 e. The quantitative estimate of drug-likeness (QED) is 0.484. The number of aromatic nitrogens is 1. The first kappa shape index (κ1) is 18.1. The lowest BCUT2D eigenvalue weighted by atomic mass is 10.1. The summed E-state index contributed by atoms with van der Waals surface area (Å²) in [5, 5.41) is 17.1. The monoisotopic (exact) mass is 347 g/mol. The van der Waals surface area contributed by atoms with Crippen molar-refractivity contribution in [3.8, 4) is 0 Å². The number of nitro benzene ring substituents is 1. The van der Waals surface area contributed by atoms with Crippen LogP contribution in [0.1, 0.15) is 35.7 Å². The van der Waals surface area contributed by atoms with E-state index < -0.39 is 22.9 Å². The number of hydrogen-bond donors (Lipinski definition) is 1. The Balaban J connectivity index is 2.09. The Morgan fingerprint density at radius 3 is 2.72 bits per heavy atom. The smallest absolute Gasteiger partial charge is 0.344 e. The average molecular weight is 347 g/mol. The van der Waals surface area contributed by atoms with Gasteiger partial charge in [0, 0.05) is 6.07 Å². The third kappa shape index (κ3) is 4.00. The predicted octanol–water partition coefficient (Wildman–Crippen LogP) is 2.64. The summed E-state index contributed by atoms with van der Waals surface area (Å²) < 4.78 is 10.1. The zero-order valence-electron chi connectivity index (χ0n) is 13.9. The van der Waals surface area contributed by atoms with E-state index in [9.17, 15) is 19.7 Å². The number of para-hydroxylation sites is 2. The highest BCUT2D eigenvalue weighted by atomic mass is 16.6. The largest absolute Gasteiger partial charge is 0.449 e. The highest BCUT2D eigenvalue weighted by molar-refractivity contribution is 5.99. The number of nitrogens with zero attached hydrogens (tertiary/aromatic N) is 2. The van der Waals surface area contributed by atoms with Crippen LogP contribution in [-0.4, -0.2) is 28.1 Å². The minimum absolute atomic E-state index is 0.0239. The number of hydrogen-bond acceptors (Lipinski definition) is 7. The van der Waals surface area contributed by atoms with Crippen molar-refractivity contribution in [1.82, 2.24) is 5.16 Å². The van der Waals surface area contributed by atoms with Crippen molar-refractivity contribution in [3.63, 3.8) is 0 Å². The van der Waals surface area contributed by atoms with Gasteiger partial charge in [0.25, 0.3) is 11.6 Å². The van der Waals surface area contributed by atoms with E-state index >= 15 is 0 Å². The Kier molecular flexibility index (Phi) is 5.48. The predicted molar refractivity (Wildman–Crippen MR) is 87.2 cm³/mol. The summed E-state index contributed by atoms with van der Waals surface area (Å²) in [4.78, 5) is 34.8. The molecule has 0 radical (unpaired) electrons. The molecule has 0 aliphatic heterocycles. The van der Waals surface area contributed by atoms with Crippen LogP contribution in [0.5, 0.6) is 0 Å². The number of nitro groups is 1. The van der Waals surface area contributed by atoms with E-state index in [2.05, 4.69) is 10.5 Å². The van der Waals surface area contributed by atoms with E-state index in [1.165, 1.54) is 25.1 Å². The number of anilines is 1. The summed E-state index contributed by atoms with van der Waals surface area (Å²) in [5.74, 6) is -1.12. The summed E-state index contributed by atoms with van der Waals surface area (Å²) in [7, 11) is 0. The molecular weight excluding hydrogens is 330 g/mol. The molecule has 0 unspecified atom stereocenters. The van der Waals surface area contributed by atoms with Gasteiger partial charge in [-0.3, -0.25) is 14.9 Å². The Morgan fingerprint density at radius 1 is 1.40 bits per heavy atom. The third-order valence-corrected chi connectivity index (χ3v) is 3.48. The normalized spacial score (nSPS) is 11.6. The van der Waals surface area contributed by atoms with Crippen LogP contribution >= 0.6 is 0 Å². The first-order valence-electron chi connectivity index (χ1n) is 7.55. The van der Waals surface area contributed by atoms with Crippen molar-refractivity contribution in [2.45, 2.75) is 33.3 Å². The molecule has 9 nitrogen and oxygen atoms in total. The van der Waals surface area contributed by atoms with Crippen molar-refractivity contribution in [2.75, 3.05) is 5.32 Å². The van der Waals surface area contributed by atoms with Gasteiger partial charge in [-0.2, -0.15) is 0 Å². The van der Waals surface area contributed by atoms with Crippen LogP contribution in [0.4, 0.5) is 11.4 Å². The molecule has 1 atom stereocenters. The van der Waals surface area contributed by atoms with E-state index in [1.807, 2.05) is 0 Å². The van der Waals surface area contributed by atoms with Crippen molar-refractivity contribution < 1.29 is 23.8 Å². The number of esters is 1. The van der Waals surface area contributed by atoms with Crippen LogP contribution in [0.3, 0.4) is 0 Å². The minimum atomic E-state index is -1.16. The van der Waals surface area contributed by atoms with Gasteiger partial charge in [-0.1, -0.05) is 24.2 Å². The van der Waals surface area contributed by atoms with E-state index in [0.717, 1.165) is 0 Å². The molecule has 0 saturated heterocycles. The van der Waals surface area contributed by atoms with Gasteiger partial charge in [-0.25, -0.2) is 4.79 Å². The molecular formula is C16H17N3O6. The molecule has 9 heteroatoms. The molecule has 0 saturated carbocycles. The molecule has 2 rings (SSSR count). The molecule has 0 bridgehead atoms. The number of amides is 1. The second kappa shape index (κ2) is 7.56. The van der Waals surface area contributed by atoms with Crippen molar-refractivity contribution in [3.05, 3.63) is 51.4 Å². The van der Waals surface area contributed by atoms with Gasteiger partial charge >= 0.3 is 5.97 Å². The zero-order valence-corrected chi connectivity index (χ0v) is 13.9. The Morgan fingerprint density at radius 2 is 2.08 bits per heavy atom. The molecule has 0 aliphatic carbocycles. The second-order valence-electron chi connectivity index (χ2n) is 5.23. The number of benzene rings is 1. The van der Waals surface area contributed by atoms with Crippen LogP contribution in [0.2, 0.25) is 0 Å². The number of carbonyl (C=O) groups is 2. The molecule has 0 spiro atoms. The van der Waals surface area contributed by atoms with Gasteiger partial charge < -0.3 is 14.6 Å². The lowest BCUT2D eigenvalue weighted by molar-refractivity contribution is -0.383. The van der Waals surface area contributed by atoms with Gasteiger partial charge in [0.1, 0.15) is 17.0 Å². The van der Waals surface area contributed by atoms with E-state index in [1.54, 1.807) is 19.9 Å². The lowest BCUT2D eigenvalue weighted by Crippen LogP contribution is -2.30. The fourth-order valence-electron chi connectivity index (χ4n) is 2.17. The molecule has 0 aliphatic rings. The van der Waals surface area contributed by atoms with Gasteiger partial charge in [-0.05, 0) is 26.3 Å². The molecule has 0 fully saturated rings. The zero-order chi connectivity index (χ0) is 18.6. The average Bonchev–Trinajstić information content (AvgIpc) is 2.95. The Bertz CT molecular complexity index is 814. The molecule has 1 aromatic carbocycles. The van der Waals surface area contributed by atoms with Crippen LogP contribution in [0, 0.1) is 17.0 Å². The number of rotatable bonds is 6. The fraction of sp³-hybridized carbons (Fsp3) is 0.312. The standard InChI is InChI=1S/C16H17N3O6/c1-4-11-14(9(2)25-18-11)16(21)24-10(3)15(20)17-12-7-5-6-8-13(12)19(22)23/h5-8,10H,4H2,1-3H3,(H,17,20)/t10-/m1/s1. The number of ether oxygens (including phenoxy) is 1. The van der Waals surface area contributed by atoms with E-state index in [-0.39, 0.29) is 16.9 Å². The molecule has 1 N–H and O–H groups in total. The van der Waals surface area contributed by atoms with Gasteiger partial charge in [0.15, 0.2) is 6.10 Å². The maximum atomic E-state index is 12.2. The third-order valence-electron chi connectivity index (χ3n) is 3.48. The fourth-order valence-corrected chi connectivity index (χ4v) is 2.17. The first-order valence-corrected chi connectivity index (χ1v) is 7.55. The lowest BCUT2D eigenvalue weighted by Gasteiger charge is -2.13. The molecule has 2 aromatic rings. The van der Waals surface area contributed by atoms with Gasteiger partial charge in [0.2, 0.25) is 0 Å². The Hall–Kier alpha value is -3.23. The maximum Gasteiger partial charge on any atom is 0.344 e. The van der Waals surface area contributed by atoms with Gasteiger partial charge in [0.05, 0.1) is 10.6 Å². The molecule has 25 heavy (non-hydrogen) atoms. The Labute approximate surface area is 143 Å². The topological polar surface area (TPSA) is 125 Å². The van der Waals surface area contributed by atoms with Crippen molar-refractivity contribution in [1.29, 1.82) is 0 Å². The summed E-state index contributed by atoms with van der Waals surface area (Å²) in [6.07, 6.45) is -0.690.